The first-order chi connectivity index (χ1) is 6.38. The Morgan fingerprint density at radius 3 is 2.14 bits per heavy atom. The Hall–Kier alpha value is -0.0900. The smallest absolute Gasteiger partial charge is 0.147 e. The van der Waals surface area contributed by atoms with Crippen LogP contribution >= 0.6 is 0 Å². The van der Waals surface area contributed by atoms with Crippen LogP contribution in [0.15, 0.2) is 0 Å². The van der Waals surface area contributed by atoms with Gasteiger partial charge in [0.05, 0.1) is 5.75 Å². The molecule has 0 aliphatic carbocycles. The molecule has 0 unspecified atom stereocenters. The second-order valence-corrected chi connectivity index (χ2v) is 6.85. The molecule has 1 saturated heterocycles. The molecule has 0 saturated carbocycles. The molecule has 0 aromatic rings. The van der Waals surface area contributed by atoms with Crippen LogP contribution in [0.4, 0.5) is 0 Å². The summed E-state index contributed by atoms with van der Waals surface area (Å²) in [6.07, 6.45) is 3.40. The topological polar surface area (TPSA) is 37.4 Å². The Kier molecular flexibility index (Phi) is 3.95. The van der Waals surface area contributed by atoms with Crippen LogP contribution in [0.1, 0.15) is 26.7 Å². The zero-order chi connectivity index (χ0) is 10.8. The lowest BCUT2D eigenvalue weighted by Gasteiger charge is -2.34. The molecular formula is C10H21NO2S. The minimum atomic E-state index is -2.78. The van der Waals surface area contributed by atoms with Crippen molar-refractivity contribution in [3.63, 3.8) is 0 Å². The third kappa shape index (κ3) is 3.96. The monoisotopic (exact) mass is 219 g/mol. The normalized spacial score (nSPS) is 21.7. The molecule has 0 aromatic carbocycles. The highest BCUT2D eigenvalue weighted by Gasteiger charge is 2.23. The predicted molar refractivity (Wildman–Crippen MR) is 59.1 cm³/mol. The summed E-state index contributed by atoms with van der Waals surface area (Å²) in [7, 11) is -2.78. The van der Waals surface area contributed by atoms with Crippen molar-refractivity contribution in [2.75, 3.05) is 25.1 Å². The molecule has 1 aliphatic rings. The summed E-state index contributed by atoms with van der Waals surface area (Å²) in [5.41, 5.74) is 0. The summed E-state index contributed by atoms with van der Waals surface area (Å²) in [4.78, 5) is 2.42. The van der Waals surface area contributed by atoms with Crippen LogP contribution in [0, 0.1) is 5.92 Å². The molecule has 0 atom stereocenters. The Balaban J connectivity index is 2.36. The molecule has 0 radical (unpaired) electrons. The van der Waals surface area contributed by atoms with Crippen molar-refractivity contribution >= 4 is 9.84 Å². The van der Waals surface area contributed by atoms with Crippen molar-refractivity contribution in [2.45, 2.75) is 32.7 Å². The molecule has 14 heavy (non-hydrogen) atoms. The van der Waals surface area contributed by atoms with Crippen LogP contribution in [0.25, 0.3) is 0 Å². The van der Waals surface area contributed by atoms with Gasteiger partial charge in [-0.2, -0.15) is 0 Å². The first-order valence-electron chi connectivity index (χ1n) is 5.30. The molecule has 0 aromatic heterocycles. The molecular weight excluding hydrogens is 198 g/mol. The van der Waals surface area contributed by atoms with Crippen LogP contribution in [0.3, 0.4) is 0 Å². The average Bonchev–Trinajstić information content (AvgIpc) is 2.02. The summed E-state index contributed by atoms with van der Waals surface area (Å²) < 4.78 is 22.2. The van der Waals surface area contributed by atoms with E-state index in [4.69, 9.17) is 0 Å². The van der Waals surface area contributed by atoms with Crippen molar-refractivity contribution < 1.29 is 8.42 Å². The van der Waals surface area contributed by atoms with Gasteiger partial charge >= 0.3 is 0 Å². The van der Waals surface area contributed by atoms with E-state index in [1.807, 2.05) is 0 Å². The highest BCUT2D eigenvalue weighted by atomic mass is 32.2. The number of nitrogens with zero attached hydrogens (tertiary/aromatic N) is 1. The average molecular weight is 219 g/mol. The maximum Gasteiger partial charge on any atom is 0.147 e. The second-order valence-electron chi connectivity index (χ2n) is 4.67. The first kappa shape index (κ1) is 12.0. The molecule has 1 fully saturated rings. The van der Waals surface area contributed by atoms with Crippen molar-refractivity contribution in [3.05, 3.63) is 0 Å². The van der Waals surface area contributed by atoms with E-state index in [-0.39, 0.29) is 0 Å². The molecule has 0 bridgehead atoms. The number of rotatable bonds is 3. The number of sulfone groups is 1. The van der Waals surface area contributed by atoms with Gasteiger partial charge in [-0.3, -0.25) is 0 Å². The maximum absolute atomic E-state index is 11.1. The van der Waals surface area contributed by atoms with Crippen LogP contribution < -0.4 is 0 Å². The maximum atomic E-state index is 11.1. The highest BCUT2D eigenvalue weighted by molar-refractivity contribution is 7.90. The van der Waals surface area contributed by atoms with Gasteiger partial charge in [-0.05, 0) is 45.7 Å². The fourth-order valence-corrected chi connectivity index (χ4v) is 3.25. The van der Waals surface area contributed by atoms with E-state index < -0.39 is 9.84 Å². The quantitative estimate of drug-likeness (QED) is 0.714. The Morgan fingerprint density at radius 2 is 1.79 bits per heavy atom. The fraction of sp³-hybridized carbons (Fsp3) is 1.00. The molecule has 0 amide bonds. The van der Waals surface area contributed by atoms with E-state index in [1.165, 1.54) is 6.26 Å². The zero-order valence-electron chi connectivity index (χ0n) is 9.36. The lowest BCUT2D eigenvalue weighted by Crippen LogP contribution is -2.39. The van der Waals surface area contributed by atoms with Gasteiger partial charge in [0.25, 0.3) is 0 Å². The van der Waals surface area contributed by atoms with Gasteiger partial charge in [0, 0.05) is 12.3 Å². The Labute approximate surface area is 87.4 Å². The van der Waals surface area contributed by atoms with Gasteiger partial charge in [-0.15, -0.1) is 0 Å². The summed E-state index contributed by atoms with van der Waals surface area (Å²) in [5, 5.41) is 0. The van der Waals surface area contributed by atoms with Crippen LogP contribution in [0.2, 0.25) is 0 Å². The number of hydrogen-bond donors (Lipinski definition) is 0. The van der Waals surface area contributed by atoms with Gasteiger partial charge in [0.1, 0.15) is 9.84 Å². The SMILES string of the molecule is CC(C)N1CCC(CS(C)(=O)=O)CC1. The van der Waals surface area contributed by atoms with Gasteiger partial charge in [0.2, 0.25) is 0 Å². The van der Waals surface area contributed by atoms with E-state index in [9.17, 15) is 8.42 Å². The summed E-state index contributed by atoms with van der Waals surface area (Å²) in [5.74, 6) is 0.763. The summed E-state index contributed by atoms with van der Waals surface area (Å²) in [6, 6.07) is 0.592. The lowest BCUT2D eigenvalue weighted by atomic mass is 9.98. The van der Waals surface area contributed by atoms with Crippen molar-refractivity contribution in [2.24, 2.45) is 5.92 Å². The summed E-state index contributed by atoms with van der Waals surface area (Å²) in [6.45, 7) is 6.49. The number of likely N-dealkylation sites (tertiary alicyclic amines) is 1. The minimum Gasteiger partial charge on any atom is -0.301 e. The number of hydrogen-bond acceptors (Lipinski definition) is 3. The number of piperidine rings is 1. The van der Waals surface area contributed by atoms with Crippen LogP contribution in [-0.4, -0.2) is 44.5 Å². The predicted octanol–water partition coefficient (Wildman–Crippen LogP) is 1.15. The van der Waals surface area contributed by atoms with Gasteiger partial charge in [-0.25, -0.2) is 8.42 Å². The van der Waals surface area contributed by atoms with Crippen LogP contribution in [-0.2, 0) is 9.84 Å². The molecule has 1 aliphatic heterocycles. The van der Waals surface area contributed by atoms with Crippen molar-refractivity contribution in [3.8, 4) is 0 Å². The molecule has 0 spiro atoms. The lowest BCUT2D eigenvalue weighted by molar-refractivity contribution is 0.157. The first-order valence-corrected chi connectivity index (χ1v) is 7.36. The molecule has 1 heterocycles. The molecule has 3 nitrogen and oxygen atoms in total. The van der Waals surface area contributed by atoms with E-state index in [0.29, 0.717) is 17.7 Å². The van der Waals surface area contributed by atoms with Crippen molar-refractivity contribution in [1.82, 2.24) is 4.90 Å². The van der Waals surface area contributed by atoms with E-state index in [2.05, 4.69) is 18.7 Å². The second kappa shape index (κ2) is 4.62. The Morgan fingerprint density at radius 1 is 1.29 bits per heavy atom. The third-order valence-electron chi connectivity index (χ3n) is 2.92. The van der Waals surface area contributed by atoms with Gasteiger partial charge < -0.3 is 4.90 Å². The van der Waals surface area contributed by atoms with E-state index in [0.717, 1.165) is 25.9 Å². The Bertz CT molecular complexity index is 264. The van der Waals surface area contributed by atoms with E-state index >= 15 is 0 Å². The third-order valence-corrected chi connectivity index (χ3v) is 3.99. The van der Waals surface area contributed by atoms with E-state index in [1.54, 1.807) is 0 Å². The van der Waals surface area contributed by atoms with Crippen LogP contribution in [0.5, 0.6) is 0 Å². The summed E-state index contributed by atoms with van der Waals surface area (Å²) >= 11 is 0. The molecule has 4 heteroatoms. The largest absolute Gasteiger partial charge is 0.301 e. The minimum absolute atomic E-state index is 0.374. The zero-order valence-corrected chi connectivity index (χ0v) is 10.2. The molecule has 84 valence electrons. The fourth-order valence-electron chi connectivity index (χ4n) is 2.06. The van der Waals surface area contributed by atoms with Crippen molar-refractivity contribution in [1.29, 1.82) is 0 Å². The highest BCUT2D eigenvalue weighted by Crippen LogP contribution is 2.19. The molecule has 1 rings (SSSR count). The standard InChI is InChI=1S/C10H21NO2S/c1-9(2)11-6-4-10(5-7-11)8-14(3,12)13/h9-10H,4-8H2,1-3H3. The van der Waals surface area contributed by atoms with Gasteiger partial charge in [-0.1, -0.05) is 0 Å². The van der Waals surface area contributed by atoms with Gasteiger partial charge in [0.15, 0.2) is 0 Å². The molecule has 0 N–H and O–H groups in total.